The molecule has 202 valence electrons. The van der Waals surface area contributed by atoms with Gasteiger partial charge in [0, 0.05) is 49.1 Å². The van der Waals surface area contributed by atoms with Gasteiger partial charge in [-0.05, 0) is 55.8 Å². The Kier molecular flexibility index (Phi) is 7.54. The first-order chi connectivity index (χ1) is 18.7. The third kappa shape index (κ3) is 6.05. The second-order valence-corrected chi connectivity index (χ2v) is 10.6. The number of ether oxygens (including phenoxy) is 2. The van der Waals surface area contributed by atoms with Gasteiger partial charge in [-0.15, -0.1) is 0 Å². The number of rotatable bonds is 6. The molecule has 1 atom stereocenters. The molecule has 4 heterocycles. The summed E-state index contributed by atoms with van der Waals surface area (Å²) in [6, 6.07) is 10.9. The van der Waals surface area contributed by atoms with Crippen LogP contribution in [0.2, 0.25) is 5.02 Å². The molecule has 5 rings (SSSR count). The van der Waals surface area contributed by atoms with Crippen molar-refractivity contribution in [1.82, 2.24) is 20.2 Å². The summed E-state index contributed by atoms with van der Waals surface area (Å²) in [4.78, 5) is 35.8. The molecule has 0 spiro atoms. The molecule has 2 aliphatic rings. The van der Waals surface area contributed by atoms with Gasteiger partial charge in [0.05, 0.1) is 35.0 Å². The van der Waals surface area contributed by atoms with E-state index in [1.165, 1.54) is 6.08 Å². The number of fused-ring (bicyclic) bond motifs is 1. The SMILES string of the molecule is CC1(C)COCCN1C(=O)c1ccc(-c2cc(Cl)c3c(c2)CC(/C=C/C(=O)NCc2ccc(N)nc2)O3)nc1. The second kappa shape index (κ2) is 11.0. The molecule has 0 radical (unpaired) electrons. The zero-order chi connectivity index (χ0) is 27.6. The van der Waals surface area contributed by atoms with Crippen LogP contribution < -0.4 is 15.8 Å². The van der Waals surface area contributed by atoms with Crippen molar-refractivity contribution in [3.8, 4) is 17.0 Å². The van der Waals surface area contributed by atoms with E-state index in [-0.39, 0.29) is 23.5 Å². The highest BCUT2D eigenvalue weighted by Crippen LogP contribution is 2.39. The molecule has 2 aromatic heterocycles. The predicted molar refractivity (Wildman–Crippen MR) is 148 cm³/mol. The minimum Gasteiger partial charge on any atom is -0.484 e. The van der Waals surface area contributed by atoms with Crippen molar-refractivity contribution < 1.29 is 19.1 Å². The highest BCUT2D eigenvalue weighted by atomic mass is 35.5. The summed E-state index contributed by atoms with van der Waals surface area (Å²) in [6.45, 7) is 5.91. The number of benzene rings is 1. The lowest BCUT2D eigenvalue weighted by Crippen LogP contribution is -2.55. The third-order valence-corrected chi connectivity index (χ3v) is 7.06. The number of amides is 2. The van der Waals surface area contributed by atoms with Crippen molar-refractivity contribution in [3.05, 3.63) is 82.7 Å². The summed E-state index contributed by atoms with van der Waals surface area (Å²) in [5.41, 5.74) is 9.05. The molecule has 3 N–H and O–H groups in total. The highest BCUT2D eigenvalue weighted by molar-refractivity contribution is 6.32. The predicted octanol–water partition coefficient (Wildman–Crippen LogP) is 3.81. The van der Waals surface area contributed by atoms with Crippen LogP contribution in [0.15, 0.2) is 60.9 Å². The number of hydrogen-bond acceptors (Lipinski definition) is 7. The molecule has 1 saturated heterocycles. The van der Waals surface area contributed by atoms with Gasteiger partial charge in [-0.1, -0.05) is 17.7 Å². The smallest absolute Gasteiger partial charge is 0.256 e. The van der Waals surface area contributed by atoms with E-state index in [0.29, 0.717) is 60.6 Å². The van der Waals surface area contributed by atoms with E-state index in [0.717, 1.165) is 16.7 Å². The first kappa shape index (κ1) is 26.6. The molecular weight excluding hydrogens is 518 g/mol. The van der Waals surface area contributed by atoms with E-state index >= 15 is 0 Å². The maximum Gasteiger partial charge on any atom is 0.256 e. The Morgan fingerprint density at radius 3 is 2.77 bits per heavy atom. The number of halogens is 1. The molecule has 1 unspecified atom stereocenters. The molecule has 0 aliphatic carbocycles. The fourth-order valence-electron chi connectivity index (χ4n) is 4.66. The molecule has 1 fully saturated rings. The maximum atomic E-state index is 13.1. The van der Waals surface area contributed by atoms with Crippen molar-refractivity contribution in [2.75, 3.05) is 25.5 Å². The fourth-order valence-corrected chi connectivity index (χ4v) is 4.95. The van der Waals surface area contributed by atoms with E-state index in [4.69, 9.17) is 26.8 Å². The number of carbonyl (C=O) groups excluding carboxylic acids is 2. The number of nitrogens with zero attached hydrogens (tertiary/aromatic N) is 3. The van der Waals surface area contributed by atoms with Crippen molar-refractivity contribution in [2.45, 2.75) is 38.5 Å². The van der Waals surface area contributed by atoms with E-state index in [2.05, 4.69) is 15.3 Å². The van der Waals surface area contributed by atoms with E-state index in [1.807, 2.05) is 36.9 Å². The van der Waals surface area contributed by atoms with Gasteiger partial charge in [0.1, 0.15) is 17.7 Å². The number of nitrogens with two attached hydrogens (primary N) is 1. The van der Waals surface area contributed by atoms with Crippen molar-refractivity contribution in [1.29, 1.82) is 0 Å². The number of aromatic nitrogens is 2. The number of morpholine rings is 1. The van der Waals surface area contributed by atoms with E-state index in [9.17, 15) is 9.59 Å². The Hall–Kier alpha value is -3.95. The fraction of sp³-hybridized carbons (Fsp3) is 0.310. The molecule has 1 aromatic carbocycles. The quantitative estimate of drug-likeness (QED) is 0.450. The maximum absolute atomic E-state index is 13.1. The number of pyridine rings is 2. The molecule has 3 aromatic rings. The van der Waals surface area contributed by atoms with Crippen LogP contribution in [0, 0.1) is 0 Å². The molecule has 2 aliphatic heterocycles. The lowest BCUT2D eigenvalue weighted by atomic mass is 10.0. The van der Waals surface area contributed by atoms with Gasteiger partial charge >= 0.3 is 0 Å². The van der Waals surface area contributed by atoms with Crippen LogP contribution in [0.25, 0.3) is 11.3 Å². The van der Waals surface area contributed by atoms with Gasteiger partial charge < -0.3 is 25.4 Å². The van der Waals surface area contributed by atoms with Gasteiger partial charge in [0.2, 0.25) is 5.91 Å². The number of anilines is 1. The topological polar surface area (TPSA) is 120 Å². The summed E-state index contributed by atoms with van der Waals surface area (Å²) >= 11 is 6.55. The van der Waals surface area contributed by atoms with Crippen molar-refractivity contribution in [3.63, 3.8) is 0 Å². The highest BCUT2D eigenvalue weighted by Gasteiger charge is 2.34. The molecule has 10 heteroatoms. The minimum absolute atomic E-state index is 0.0634. The normalized spacial score (nSPS) is 18.0. The zero-order valence-corrected chi connectivity index (χ0v) is 22.6. The van der Waals surface area contributed by atoms with Gasteiger partial charge in [-0.2, -0.15) is 0 Å². The monoisotopic (exact) mass is 547 g/mol. The molecule has 2 amide bonds. The Morgan fingerprint density at radius 1 is 1.21 bits per heavy atom. The van der Waals surface area contributed by atoms with Crippen LogP contribution in [0.4, 0.5) is 5.82 Å². The summed E-state index contributed by atoms with van der Waals surface area (Å²) in [5.74, 6) is 0.731. The Morgan fingerprint density at radius 2 is 2.05 bits per heavy atom. The van der Waals surface area contributed by atoms with Crippen LogP contribution in [0.5, 0.6) is 5.75 Å². The summed E-state index contributed by atoms with van der Waals surface area (Å²) in [6.07, 6.45) is 6.66. The summed E-state index contributed by atoms with van der Waals surface area (Å²) in [5, 5.41) is 3.28. The molecule has 9 nitrogen and oxygen atoms in total. The number of nitrogen functional groups attached to an aromatic ring is 1. The van der Waals surface area contributed by atoms with Crippen molar-refractivity contribution in [2.24, 2.45) is 0 Å². The van der Waals surface area contributed by atoms with Crippen LogP contribution >= 0.6 is 11.6 Å². The largest absolute Gasteiger partial charge is 0.484 e. The van der Waals surface area contributed by atoms with Crippen LogP contribution in [-0.2, 0) is 22.5 Å². The number of carbonyl (C=O) groups is 2. The van der Waals surface area contributed by atoms with Gasteiger partial charge in [0.15, 0.2) is 0 Å². The minimum atomic E-state index is -0.373. The molecular formula is C29H30ClN5O4. The van der Waals surface area contributed by atoms with E-state index < -0.39 is 0 Å². The lowest BCUT2D eigenvalue weighted by molar-refractivity contribution is -0.116. The average Bonchev–Trinajstić information content (AvgIpc) is 3.35. The van der Waals surface area contributed by atoms with Crippen LogP contribution in [-0.4, -0.2) is 58.1 Å². The second-order valence-electron chi connectivity index (χ2n) is 10.2. The summed E-state index contributed by atoms with van der Waals surface area (Å²) < 4.78 is 11.5. The van der Waals surface area contributed by atoms with Gasteiger partial charge in [0.25, 0.3) is 5.91 Å². The first-order valence-corrected chi connectivity index (χ1v) is 13.1. The molecule has 0 bridgehead atoms. The first-order valence-electron chi connectivity index (χ1n) is 12.7. The van der Waals surface area contributed by atoms with E-state index in [1.54, 1.807) is 36.7 Å². The van der Waals surface area contributed by atoms with Crippen molar-refractivity contribution >= 4 is 29.2 Å². The third-order valence-electron chi connectivity index (χ3n) is 6.78. The Balaban J connectivity index is 1.22. The lowest BCUT2D eigenvalue weighted by Gasteiger charge is -2.42. The van der Waals surface area contributed by atoms with Crippen LogP contribution in [0.1, 0.15) is 35.3 Å². The standard InChI is InChI=1S/C29H30ClN5O4/c1-29(2)17-38-10-9-35(29)28(37)19-4-6-24(32-16-19)20-11-21-12-22(39-27(21)23(30)13-20)5-8-26(36)34-15-18-3-7-25(31)33-14-18/h3-8,11,13-14,16,22H,9-10,12,15,17H2,1-2H3,(H2,31,33)(H,34,36)/b8-5+. The number of nitrogens with one attached hydrogen (secondary N) is 1. The molecule has 0 saturated carbocycles. The Bertz CT molecular complexity index is 1410. The average molecular weight is 548 g/mol. The van der Waals surface area contributed by atoms with Crippen LogP contribution in [0.3, 0.4) is 0 Å². The zero-order valence-electron chi connectivity index (χ0n) is 21.8. The summed E-state index contributed by atoms with van der Waals surface area (Å²) in [7, 11) is 0. The van der Waals surface area contributed by atoms with Gasteiger partial charge in [-0.25, -0.2) is 4.98 Å². The number of hydrogen-bond donors (Lipinski definition) is 2. The molecule has 39 heavy (non-hydrogen) atoms. The van der Waals surface area contributed by atoms with Gasteiger partial charge in [-0.3, -0.25) is 14.6 Å². The Labute approximate surface area is 232 Å².